The van der Waals surface area contributed by atoms with Crippen molar-refractivity contribution in [2.45, 2.75) is 6.92 Å². The van der Waals surface area contributed by atoms with Gasteiger partial charge >= 0.3 is 0 Å². The molecule has 0 saturated heterocycles. The zero-order chi connectivity index (χ0) is 13.5. The van der Waals surface area contributed by atoms with Gasteiger partial charge in [-0.2, -0.15) is 0 Å². The van der Waals surface area contributed by atoms with Crippen LogP contribution in [-0.4, -0.2) is 14.5 Å². The molecule has 0 amide bonds. The second-order valence-corrected chi connectivity index (χ2v) is 6.69. The summed E-state index contributed by atoms with van der Waals surface area (Å²) in [6.45, 7) is 2.12. The highest BCUT2D eigenvalue weighted by molar-refractivity contribution is 7.15. The second-order valence-electron chi connectivity index (χ2n) is 4.48. The highest BCUT2D eigenvalue weighted by Crippen LogP contribution is 2.33. The van der Waals surface area contributed by atoms with Gasteiger partial charge in [-0.25, -0.2) is 9.97 Å². The van der Waals surface area contributed by atoms with Gasteiger partial charge in [-0.1, -0.05) is 0 Å². The number of aromatic nitrogens is 3. The van der Waals surface area contributed by atoms with Crippen molar-refractivity contribution in [2.24, 2.45) is 0 Å². The molecular weight excluding hydrogens is 286 g/mol. The molecule has 0 spiro atoms. The van der Waals surface area contributed by atoms with Gasteiger partial charge in [-0.05, 0) is 48.7 Å². The van der Waals surface area contributed by atoms with Crippen LogP contribution in [0.2, 0.25) is 0 Å². The first-order valence-electron chi connectivity index (χ1n) is 6.27. The van der Waals surface area contributed by atoms with E-state index in [4.69, 9.17) is 4.98 Å². The van der Waals surface area contributed by atoms with Crippen molar-refractivity contribution in [1.82, 2.24) is 14.5 Å². The third kappa shape index (κ3) is 1.78. The number of rotatable bonds is 2. The topological polar surface area (TPSA) is 30.7 Å². The van der Waals surface area contributed by atoms with E-state index in [0.717, 1.165) is 22.0 Å². The molecule has 0 N–H and O–H groups in total. The molecule has 0 fully saturated rings. The summed E-state index contributed by atoms with van der Waals surface area (Å²) < 4.78 is 2.14. The van der Waals surface area contributed by atoms with Crippen molar-refractivity contribution in [3.8, 4) is 15.7 Å². The van der Waals surface area contributed by atoms with Crippen LogP contribution in [0.1, 0.15) is 4.88 Å². The van der Waals surface area contributed by atoms with Gasteiger partial charge in [0, 0.05) is 11.1 Å². The number of hydrogen-bond acceptors (Lipinski definition) is 4. The standard InChI is InChI=1S/C15H11N3S2/c1-10-6-7-12(20-10)15-17-11-4-2-8-16-14(11)18(15)13-5-3-9-19-13/h2-9H,1H3. The molecule has 4 aromatic heterocycles. The van der Waals surface area contributed by atoms with E-state index in [2.05, 4.69) is 46.1 Å². The van der Waals surface area contributed by atoms with E-state index in [9.17, 15) is 0 Å². The van der Waals surface area contributed by atoms with Crippen LogP contribution in [0.25, 0.3) is 26.9 Å². The van der Waals surface area contributed by atoms with Crippen LogP contribution >= 0.6 is 22.7 Å². The molecule has 98 valence electrons. The van der Waals surface area contributed by atoms with Crippen molar-refractivity contribution in [2.75, 3.05) is 0 Å². The quantitative estimate of drug-likeness (QED) is 0.544. The molecule has 4 heterocycles. The van der Waals surface area contributed by atoms with E-state index in [1.54, 1.807) is 22.7 Å². The lowest BCUT2D eigenvalue weighted by molar-refractivity contribution is 1.11. The number of fused-ring (bicyclic) bond motifs is 1. The molecule has 0 aliphatic heterocycles. The zero-order valence-electron chi connectivity index (χ0n) is 10.8. The SMILES string of the molecule is Cc1ccc(-c2nc3cccnc3n2-c2cccs2)s1. The fourth-order valence-corrected chi connectivity index (χ4v) is 3.82. The number of hydrogen-bond donors (Lipinski definition) is 0. The van der Waals surface area contributed by atoms with Gasteiger partial charge in [-0.3, -0.25) is 4.57 Å². The average Bonchev–Trinajstić information content (AvgIpc) is 3.15. The Morgan fingerprint density at radius 3 is 2.80 bits per heavy atom. The Hall–Kier alpha value is -1.98. The first-order valence-corrected chi connectivity index (χ1v) is 7.97. The molecule has 4 aromatic rings. The third-order valence-corrected chi connectivity index (χ3v) is 4.95. The van der Waals surface area contributed by atoms with Gasteiger partial charge in [0.05, 0.1) is 4.88 Å². The first-order chi connectivity index (χ1) is 9.83. The van der Waals surface area contributed by atoms with E-state index in [0.29, 0.717) is 0 Å². The first kappa shape index (κ1) is 11.8. The summed E-state index contributed by atoms with van der Waals surface area (Å²) in [5, 5.41) is 3.22. The highest BCUT2D eigenvalue weighted by atomic mass is 32.1. The summed E-state index contributed by atoms with van der Waals surface area (Å²) >= 11 is 3.46. The fraction of sp³-hybridized carbons (Fsp3) is 0.0667. The van der Waals surface area contributed by atoms with E-state index in [-0.39, 0.29) is 0 Å². The minimum absolute atomic E-state index is 0.913. The van der Waals surface area contributed by atoms with E-state index in [1.807, 2.05) is 18.3 Å². The Balaban J connectivity index is 2.07. The van der Waals surface area contributed by atoms with E-state index in [1.165, 1.54) is 9.75 Å². The van der Waals surface area contributed by atoms with Gasteiger partial charge in [0.25, 0.3) is 0 Å². The summed E-state index contributed by atoms with van der Waals surface area (Å²) in [6, 6.07) is 12.4. The summed E-state index contributed by atoms with van der Waals surface area (Å²) in [6.07, 6.45) is 1.82. The number of imidazole rings is 1. The predicted octanol–water partition coefficient (Wildman–Crippen LogP) is 4.52. The molecule has 4 rings (SSSR count). The molecule has 3 nitrogen and oxygen atoms in total. The lowest BCUT2D eigenvalue weighted by Crippen LogP contribution is -1.94. The monoisotopic (exact) mass is 297 g/mol. The Labute approximate surface area is 124 Å². The number of thiophene rings is 2. The highest BCUT2D eigenvalue weighted by Gasteiger charge is 2.16. The van der Waals surface area contributed by atoms with Crippen LogP contribution < -0.4 is 0 Å². The lowest BCUT2D eigenvalue weighted by Gasteiger charge is -2.03. The molecule has 0 radical (unpaired) electrons. The van der Waals surface area contributed by atoms with Crippen molar-refractivity contribution in [3.63, 3.8) is 0 Å². The summed E-state index contributed by atoms with van der Waals surface area (Å²) in [4.78, 5) is 11.7. The molecule has 0 saturated carbocycles. The molecule has 5 heteroatoms. The third-order valence-electron chi connectivity index (χ3n) is 3.10. The van der Waals surface area contributed by atoms with Crippen molar-refractivity contribution in [1.29, 1.82) is 0 Å². The van der Waals surface area contributed by atoms with Crippen LogP contribution in [-0.2, 0) is 0 Å². The molecular formula is C15H11N3S2. The number of pyridine rings is 1. The van der Waals surface area contributed by atoms with Crippen LogP contribution in [0.15, 0.2) is 48.0 Å². The predicted molar refractivity (Wildman–Crippen MR) is 84.8 cm³/mol. The molecule has 0 aliphatic rings. The number of aryl methyl sites for hydroxylation is 1. The van der Waals surface area contributed by atoms with Crippen molar-refractivity contribution >= 4 is 33.8 Å². The van der Waals surface area contributed by atoms with Gasteiger partial charge in [-0.15, -0.1) is 22.7 Å². The van der Waals surface area contributed by atoms with Gasteiger partial charge in [0.1, 0.15) is 10.5 Å². The maximum atomic E-state index is 4.77. The molecule has 0 unspecified atom stereocenters. The average molecular weight is 297 g/mol. The molecule has 0 aliphatic carbocycles. The smallest absolute Gasteiger partial charge is 0.165 e. The summed E-state index contributed by atoms with van der Waals surface area (Å²) in [7, 11) is 0. The lowest BCUT2D eigenvalue weighted by atomic mass is 10.4. The van der Waals surface area contributed by atoms with Crippen LogP contribution in [0.3, 0.4) is 0 Å². The zero-order valence-corrected chi connectivity index (χ0v) is 12.4. The molecule has 0 atom stereocenters. The van der Waals surface area contributed by atoms with Crippen LogP contribution in [0.4, 0.5) is 0 Å². The Morgan fingerprint density at radius 1 is 1.10 bits per heavy atom. The van der Waals surface area contributed by atoms with E-state index >= 15 is 0 Å². The van der Waals surface area contributed by atoms with Gasteiger partial charge in [0.2, 0.25) is 0 Å². The Bertz CT molecular complexity index is 872. The Morgan fingerprint density at radius 2 is 2.05 bits per heavy atom. The summed E-state index contributed by atoms with van der Waals surface area (Å²) in [5.41, 5.74) is 1.85. The number of nitrogens with zero attached hydrogens (tertiary/aromatic N) is 3. The summed E-state index contributed by atoms with van der Waals surface area (Å²) in [5.74, 6) is 0.972. The fourth-order valence-electron chi connectivity index (χ4n) is 2.24. The maximum Gasteiger partial charge on any atom is 0.165 e. The molecule has 0 aromatic carbocycles. The Kier molecular flexibility index (Phi) is 2.68. The van der Waals surface area contributed by atoms with Crippen LogP contribution in [0, 0.1) is 6.92 Å². The van der Waals surface area contributed by atoms with E-state index < -0.39 is 0 Å². The maximum absolute atomic E-state index is 4.77. The molecule has 0 bridgehead atoms. The van der Waals surface area contributed by atoms with Gasteiger partial charge < -0.3 is 0 Å². The van der Waals surface area contributed by atoms with Crippen molar-refractivity contribution in [3.05, 3.63) is 52.9 Å². The second kappa shape index (κ2) is 4.54. The van der Waals surface area contributed by atoms with Crippen LogP contribution in [0.5, 0.6) is 0 Å². The molecule has 20 heavy (non-hydrogen) atoms. The minimum atomic E-state index is 0.913. The largest absolute Gasteiger partial charge is 0.267 e. The minimum Gasteiger partial charge on any atom is -0.267 e. The normalized spacial score (nSPS) is 11.2. The van der Waals surface area contributed by atoms with Gasteiger partial charge in [0.15, 0.2) is 11.5 Å². The van der Waals surface area contributed by atoms with Crippen molar-refractivity contribution < 1.29 is 0 Å².